The van der Waals surface area contributed by atoms with Gasteiger partial charge in [-0.25, -0.2) is 4.98 Å². The van der Waals surface area contributed by atoms with E-state index in [2.05, 4.69) is 26.2 Å². The highest BCUT2D eigenvalue weighted by Gasteiger charge is 2.18. The average Bonchev–Trinajstić information content (AvgIpc) is 2.89. The second kappa shape index (κ2) is 6.70. The van der Waals surface area contributed by atoms with Gasteiger partial charge >= 0.3 is 0 Å². The van der Waals surface area contributed by atoms with Crippen LogP contribution in [0.15, 0.2) is 53.0 Å². The number of nitrogens with zero attached hydrogens (tertiary/aromatic N) is 1. The number of nitrogen functional groups attached to an aromatic ring is 1. The molecule has 4 nitrogen and oxygen atoms in total. The Morgan fingerprint density at radius 3 is 2.65 bits per heavy atom. The summed E-state index contributed by atoms with van der Waals surface area (Å²) in [6.45, 7) is 0. The van der Waals surface area contributed by atoms with E-state index in [1.165, 1.54) is 11.3 Å². The van der Waals surface area contributed by atoms with Crippen LogP contribution in [0.5, 0.6) is 0 Å². The van der Waals surface area contributed by atoms with Crippen molar-refractivity contribution in [1.29, 1.82) is 0 Å². The predicted molar refractivity (Wildman–Crippen MR) is 98.8 cm³/mol. The number of anilines is 3. The molecule has 3 aromatic rings. The molecule has 0 fully saturated rings. The monoisotopic (exact) mass is 407 g/mol. The summed E-state index contributed by atoms with van der Waals surface area (Å²) >= 11 is 10.5. The summed E-state index contributed by atoms with van der Waals surface area (Å²) in [6.07, 6.45) is 0. The second-order valence-electron chi connectivity index (χ2n) is 4.70. The Labute approximate surface area is 150 Å². The van der Waals surface area contributed by atoms with Gasteiger partial charge in [0.15, 0.2) is 5.13 Å². The Morgan fingerprint density at radius 1 is 1.22 bits per heavy atom. The summed E-state index contributed by atoms with van der Waals surface area (Å²) < 4.78 is 0.985. The summed E-state index contributed by atoms with van der Waals surface area (Å²) in [6, 6.07) is 14.4. The highest BCUT2D eigenvalue weighted by molar-refractivity contribution is 9.10. The molecular formula is C16H11BrClN3OS. The van der Waals surface area contributed by atoms with Crippen LogP contribution < -0.4 is 11.1 Å². The molecule has 0 aliphatic rings. The first kappa shape index (κ1) is 16.0. The molecule has 0 atom stereocenters. The van der Waals surface area contributed by atoms with Crippen molar-refractivity contribution in [2.24, 2.45) is 0 Å². The molecule has 3 N–H and O–H groups in total. The lowest BCUT2D eigenvalue weighted by molar-refractivity contribution is 0.104. The number of carbonyl (C=O) groups excluding carboxylic acids is 1. The minimum Gasteiger partial charge on any atom is -0.382 e. The number of hydrogen-bond acceptors (Lipinski definition) is 5. The van der Waals surface area contributed by atoms with Crippen LogP contribution in [0.3, 0.4) is 0 Å². The normalized spacial score (nSPS) is 10.5. The van der Waals surface area contributed by atoms with E-state index in [0.29, 0.717) is 20.6 Å². The molecule has 3 rings (SSSR count). The molecule has 1 aromatic heterocycles. The van der Waals surface area contributed by atoms with Crippen molar-refractivity contribution in [3.05, 3.63) is 68.5 Å². The maximum atomic E-state index is 12.5. The molecule has 0 saturated heterocycles. The molecule has 1 heterocycles. The van der Waals surface area contributed by atoms with Gasteiger partial charge < -0.3 is 11.1 Å². The molecule has 116 valence electrons. The molecule has 7 heteroatoms. The van der Waals surface area contributed by atoms with E-state index in [-0.39, 0.29) is 11.6 Å². The molecule has 0 radical (unpaired) electrons. The van der Waals surface area contributed by atoms with E-state index in [0.717, 1.165) is 10.2 Å². The molecule has 0 amide bonds. The first-order valence-corrected chi connectivity index (χ1v) is 8.61. The Kier molecular flexibility index (Phi) is 4.66. The molecule has 0 aliphatic heterocycles. The number of thiazole rings is 1. The number of benzene rings is 2. The van der Waals surface area contributed by atoms with Gasteiger partial charge in [-0.2, -0.15) is 0 Å². The first-order valence-electron chi connectivity index (χ1n) is 6.62. The van der Waals surface area contributed by atoms with Crippen molar-refractivity contribution in [3.63, 3.8) is 0 Å². The summed E-state index contributed by atoms with van der Waals surface area (Å²) in [7, 11) is 0. The zero-order valence-electron chi connectivity index (χ0n) is 11.7. The van der Waals surface area contributed by atoms with Crippen molar-refractivity contribution in [2.45, 2.75) is 0 Å². The molecule has 0 bridgehead atoms. The Bertz CT molecular complexity index is 864. The number of nitrogens with one attached hydrogen (secondary N) is 1. The lowest BCUT2D eigenvalue weighted by Gasteiger charge is -2.01. The van der Waals surface area contributed by atoms with Gasteiger partial charge in [-0.15, -0.1) is 0 Å². The maximum Gasteiger partial charge on any atom is 0.206 e. The van der Waals surface area contributed by atoms with Gasteiger partial charge in [-0.05, 0) is 36.4 Å². The third-order valence-corrected chi connectivity index (χ3v) is 4.79. The average molecular weight is 409 g/mol. The highest BCUT2D eigenvalue weighted by Crippen LogP contribution is 2.30. The number of nitrogens with two attached hydrogens (primary N) is 1. The van der Waals surface area contributed by atoms with Gasteiger partial charge in [-0.1, -0.05) is 51.0 Å². The SMILES string of the molecule is Nc1nc(Nc2ccc(Br)cc2)sc1C(=O)c1cccc(Cl)c1. The topological polar surface area (TPSA) is 68.0 Å². The van der Waals surface area contributed by atoms with Crippen molar-refractivity contribution in [2.75, 3.05) is 11.1 Å². The lowest BCUT2D eigenvalue weighted by atomic mass is 10.1. The minimum atomic E-state index is -0.189. The van der Waals surface area contributed by atoms with Gasteiger partial charge in [-0.3, -0.25) is 4.79 Å². The van der Waals surface area contributed by atoms with Gasteiger partial charge in [0.2, 0.25) is 5.78 Å². The van der Waals surface area contributed by atoms with E-state index in [1.54, 1.807) is 24.3 Å². The Morgan fingerprint density at radius 2 is 1.96 bits per heavy atom. The van der Waals surface area contributed by atoms with Crippen LogP contribution >= 0.6 is 38.9 Å². The van der Waals surface area contributed by atoms with Crippen molar-refractivity contribution < 1.29 is 4.79 Å². The van der Waals surface area contributed by atoms with Crippen LogP contribution in [-0.4, -0.2) is 10.8 Å². The largest absolute Gasteiger partial charge is 0.382 e. The van der Waals surface area contributed by atoms with Gasteiger partial charge in [0.1, 0.15) is 10.7 Å². The molecule has 23 heavy (non-hydrogen) atoms. The molecular weight excluding hydrogens is 398 g/mol. The van der Waals surface area contributed by atoms with E-state index in [9.17, 15) is 4.79 Å². The van der Waals surface area contributed by atoms with E-state index in [1.807, 2.05) is 24.3 Å². The standard InChI is InChI=1S/C16H11BrClN3OS/c17-10-4-6-12(7-5-10)20-16-21-15(19)14(23-16)13(22)9-2-1-3-11(18)8-9/h1-8H,19H2,(H,20,21). The number of aromatic nitrogens is 1. The summed E-state index contributed by atoms with van der Waals surface area (Å²) in [5.74, 6) is 0.0194. The number of ketones is 1. The van der Waals surface area contributed by atoms with E-state index >= 15 is 0 Å². The zero-order valence-corrected chi connectivity index (χ0v) is 14.9. The van der Waals surface area contributed by atoms with Crippen molar-refractivity contribution >= 4 is 61.3 Å². The van der Waals surface area contributed by atoms with Crippen LogP contribution in [0.4, 0.5) is 16.6 Å². The summed E-state index contributed by atoms with van der Waals surface area (Å²) in [5, 5.41) is 4.21. The maximum absolute atomic E-state index is 12.5. The number of hydrogen-bond donors (Lipinski definition) is 2. The van der Waals surface area contributed by atoms with Gasteiger partial charge in [0, 0.05) is 20.7 Å². The fourth-order valence-corrected chi connectivity index (χ4v) is 3.29. The van der Waals surface area contributed by atoms with Gasteiger partial charge in [0.05, 0.1) is 0 Å². The number of carbonyl (C=O) groups is 1. The predicted octanol–water partition coefficient (Wildman–Crippen LogP) is 5.12. The fourth-order valence-electron chi connectivity index (χ4n) is 1.97. The zero-order chi connectivity index (χ0) is 16.4. The fraction of sp³-hybridized carbons (Fsp3) is 0. The molecule has 0 aliphatic carbocycles. The smallest absolute Gasteiger partial charge is 0.206 e. The quantitative estimate of drug-likeness (QED) is 0.588. The van der Waals surface area contributed by atoms with Crippen molar-refractivity contribution in [1.82, 2.24) is 4.98 Å². The van der Waals surface area contributed by atoms with Crippen LogP contribution in [0.25, 0.3) is 0 Å². The Balaban J connectivity index is 1.86. The molecule has 0 saturated carbocycles. The third-order valence-electron chi connectivity index (χ3n) is 3.04. The van der Waals surface area contributed by atoms with Gasteiger partial charge in [0.25, 0.3) is 0 Å². The van der Waals surface area contributed by atoms with Crippen LogP contribution in [0.2, 0.25) is 5.02 Å². The first-order chi connectivity index (χ1) is 11.0. The summed E-state index contributed by atoms with van der Waals surface area (Å²) in [4.78, 5) is 17.1. The Hall–Kier alpha value is -1.89. The summed E-state index contributed by atoms with van der Waals surface area (Å²) in [5.41, 5.74) is 7.25. The molecule has 0 spiro atoms. The highest BCUT2D eigenvalue weighted by atomic mass is 79.9. The van der Waals surface area contributed by atoms with Crippen LogP contribution in [0, 0.1) is 0 Å². The van der Waals surface area contributed by atoms with Crippen molar-refractivity contribution in [3.8, 4) is 0 Å². The number of halogens is 2. The minimum absolute atomic E-state index is 0.189. The second-order valence-corrected chi connectivity index (χ2v) is 7.06. The third kappa shape index (κ3) is 3.72. The number of rotatable bonds is 4. The van der Waals surface area contributed by atoms with Crippen LogP contribution in [-0.2, 0) is 0 Å². The van der Waals surface area contributed by atoms with Crippen LogP contribution in [0.1, 0.15) is 15.2 Å². The molecule has 2 aromatic carbocycles. The van der Waals surface area contributed by atoms with E-state index in [4.69, 9.17) is 17.3 Å². The molecule has 0 unspecified atom stereocenters. The van der Waals surface area contributed by atoms with E-state index < -0.39 is 0 Å². The lowest BCUT2D eigenvalue weighted by Crippen LogP contribution is -2.02.